The fraction of sp³-hybridized carbons (Fsp3) is 0.579. The van der Waals surface area contributed by atoms with Crippen LogP contribution in [0.2, 0.25) is 5.02 Å². The van der Waals surface area contributed by atoms with Gasteiger partial charge in [-0.1, -0.05) is 18.5 Å². The van der Waals surface area contributed by atoms with Crippen LogP contribution in [0.3, 0.4) is 0 Å². The monoisotopic (exact) mass is 377 g/mol. The second kappa shape index (κ2) is 8.73. The number of aromatic nitrogens is 3. The average Bonchev–Trinajstić information content (AvgIpc) is 2.98. The number of aryl methyl sites for hydroxylation is 2. The lowest BCUT2D eigenvalue weighted by molar-refractivity contribution is 0.248. The largest absolute Gasteiger partial charge is 0.369 e. The molecule has 142 valence electrons. The van der Waals surface area contributed by atoms with E-state index in [2.05, 4.69) is 27.0 Å². The van der Waals surface area contributed by atoms with Crippen LogP contribution in [0.1, 0.15) is 26.1 Å². The minimum atomic E-state index is 0.0249. The van der Waals surface area contributed by atoms with Gasteiger partial charge < -0.3 is 4.90 Å². The Hall–Kier alpha value is -1.79. The number of anilines is 1. The lowest BCUT2D eigenvalue weighted by atomic mass is 10.2. The van der Waals surface area contributed by atoms with Gasteiger partial charge in [-0.05, 0) is 37.6 Å². The van der Waals surface area contributed by atoms with E-state index in [4.69, 9.17) is 11.6 Å². The molecule has 1 aliphatic heterocycles. The topological polar surface area (TPSA) is 46.3 Å². The van der Waals surface area contributed by atoms with Crippen molar-refractivity contribution in [3.05, 3.63) is 45.6 Å². The fourth-order valence-corrected chi connectivity index (χ4v) is 3.66. The van der Waals surface area contributed by atoms with Gasteiger partial charge in [-0.3, -0.25) is 9.47 Å². The van der Waals surface area contributed by atoms with Crippen LogP contribution >= 0.6 is 11.6 Å². The summed E-state index contributed by atoms with van der Waals surface area (Å²) in [7, 11) is 0. The minimum absolute atomic E-state index is 0.0249. The van der Waals surface area contributed by atoms with E-state index in [1.54, 1.807) is 9.25 Å². The van der Waals surface area contributed by atoms with Gasteiger partial charge in [-0.2, -0.15) is 5.10 Å². The van der Waals surface area contributed by atoms with Crippen molar-refractivity contribution in [3.8, 4) is 0 Å². The number of piperazine rings is 1. The van der Waals surface area contributed by atoms with Crippen molar-refractivity contribution in [2.45, 2.75) is 39.8 Å². The van der Waals surface area contributed by atoms with Gasteiger partial charge >= 0.3 is 5.69 Å². The van der Waals surface area contributed by atoms with Crippen molar-refractivity contribution in [2.75, 3.05) is 37.6 Å². The number of rotatable bonds is 7. The smallest absolute Gasteiger partial charge is 0.345 e. The van der Waals surface area contributed by atoms with Gasteiger partial charge in [0.05, 0.1) is 0 Å². The maximum absolute atomic E-state index is 12.3. The molecule has 2 heterocycles. The lowest BCUT2D eigenvalue weighted by Crippen LogP contribution is -2.46. The summed E-state index contributed by atoms with van der Waals surface area (Å²) in [5.74, 6) is 0.883. The van der Waals surface area contributed by atoms with Crippen molar-refractivity contribution in [1.29, 1.82) is 0 Å². The minimum Gasteiger partial charge on any atom is -0.369 e. The zero-order valence-corrected chi connectivity index (χ0v) is 16.5. The third-order valence-corrected chi connectivity index (χ3v) is 5.29. The first kappa shape index (κ1) is 19.0. The van der Waals surface area contributed by atoms with Crippen LogP contribution < -0.4 is 10.6 Å². The molecule has 1 aromatic carbocycles. The highest BCUT2D eigenvalue weighted by molar-refractivity contribution is 6.30. The predicted molar refractivity (Wildman–Crippen MR) is 106 cm³/mol. The first-order valence-electron chi connectivity index (χ1n) is 9.51. The van der Waals surface area contributed by atoms with Gasteiger partial charge in [-0.15, -0.1) is 0 Å². The molecule has 0 unspecified atom stereocenters. The van der Waals surface area contributed by atoms with Crippen molar-refractivity contribution < 1.29 is 0 Å². The highest BCUT2D eigenvalue weighted by Crippen LogP contribution is 2.19. The molecular formula is C19H28ClN5O. The van der Waals surface area contributed by atoms with E-state index in [-0.39, 0.29) is 5.69 Å². The molecule has 6 nitrogen and oxygen atoms in total. The van der Waals surface area contributed by atoms with Crippen LogP contribution in [0, 0.1) is 0 Å². The van der Waals surface area contributed by atoms with Crippen molar-refractivity contribution in [3.63, 3.8) is 0 Å². The third-order valence-electron chi connectivity index (χ3n) is 5.04. The van der Waals surface area contributed by atoms with E-state index in [1.165, 1.54) is 5.69 Å². The second-order valence-electron chi connectivity index (χ2n) is 6.68. The summed E-state index contributed by atoms with van der Waals surface area (Å²) < 4.78 is 3.40. The van der Waals surface area contributed by atoms with Crippen molar-refractivity contribution in [1.82, 2.24) is 19.2 Å². The maximum atomic E-state index is 12.3. The summed E-state index contributed by atoms with van der Waals surface area (Å²) in [4.78, 5) is 17.2. The molecule has 1 fully saturated rings. The molecule has 1 aromatic heterocycles. The van der Waals surface area contributed by atoms with Gasteiger partial charge in [0.25, 0.3) is 0 Å². The van der Waals surface area contributed by atoms with Crippen LogP contribution in [-0.4, -0.2) is 52.0 Å². The molecule has 3 rings (SSSR count). The Labute approximate surface area is 160 Å². The van der Waals surface area contributed by atoms with E-state index < -0.39 is 0 Å². The SMILES string of the molecule is CCc1nn(CCCN2CCN(c3ccc(Cl)cc3)CC2)c(=O)n1CC. The van der Waals surface area contributed by atoms with Gasteiger partial charge in [0, 0.05) is 62.9 Å². The van der Waals surface area contributed by atoms with Crippen LogP contribution in [0.25, 0.3) is 0 Å². The molecule has 0 atom stereocenters. The first-order chi connectivity index (χ1) is 12.6. The van der Waals surface area contributed by atoms with E-state index in [9.17, 15) is 4.79 Å². The molecule has 0 amide bonds. The normalized spacial score (nSPS) is 15.6. The molecule has 26 heavy (non-hydrogen) atoms. The quantitative estimate of drug-likeness (QED) is 0.743. The Morgan fingerprint density at radius 1 is 1.04 bits per heavy atom. The molecular weight excluding hydrogens is 350 g/mol. The zero-order valence-electron chi connectivity index (χ0n) is 15.7. The van der Waals surface area contributed by atoms with Gasteiger partial charge in [0.15, 0.2) is 0 Å². The summed E-state index contributed by atoms with van der Waals surface area (Å²) in [5.41, 5.74) is 1.26. The summed E-state index contributed by atoms with van der Waals surface area (Å²) in [6, 6.07) is 8.06. The lowest BCUT2D eigenvalue weighted by Gasteiger charge is -2.36. The Morgan fingerprint density at radius 3 is 2.31 bits per heavy atom. The highest BCUT2D eigenvalue weighted by atomic mass is 35.5. The maximum Gasteiger partial charge on any atom is 0.345 e. The molecule has 1 aliphatic rings. The number of benzene rings is 1. The molecule has 0 saturated carbocycles. The Bertz CT molecular complexity index is 759. The van der Waals surface area contributed by atoms with Crippen molar-refractivity contribution >= 4 is 17.3 Å². The van der Waals surface area contributed by atoms with E-state index in [1.807, 2.05) is 26.0 Å². The standard InChI is InChI=1S/C19H28ClN5O/c1-3-18-21-25(19(26)24(18)4-2)11-5-10-22-12-14-23(15-13-22)17-8-6-16(20)7-9-17/h6-9H,3-5,10-15H2,1-2H3. The molecule has 0 N–H and O–H groups in total. The molecule has 0 radical (unpaired) electrons. The average molecular weight is 378 g/mol. The number of hydrogen-bond acceptors (Lipinski definition) is 4. The molecule has 1 saturated heterocycles. The van der Waals surface area contributed by atoms with Gasteiger partial charge in [-0.25, -0.2) is 9.48 Å². The first-order valence-corrected chi connectivity index (χ1v) is 9.89. The van der Waals surface area contributed by atoms with Crippen LogP contribution in [-0.2, 0) is 19.5 Å². The van der Waals surface area contributed by atoms with E-state index >= 15 is 0 Å². The van der Waals surface area contributed by atoms with Crippen LogP contribution in [0.4, 0.5) is 5.69 Å². The zero-order chi connectivity index (χ0) is 18.5. The fourth-order valence-electron chi connectivity index (χ4n) is 3.54. The molecule has 7 heteroatoms. The number of hydrogen-bond donors (Lipinski definition) is 0. The summed E-state index contributed by atoms with van der Waals surface area (Å²) >= 11 is 5.96. The van der Waals surface area contributed by atoms with Crippen LogP contribution in [0.15, 0.2) is 29.1 Å². The predicted octanol–water partition coefficient (Wildman–Crippen LogP) is 2.49. The van der Waals surface area contributed by atoms with E-state index in [0.717, 1.165) is 56.4 Å². The summed E-state index contributed by atoms with van der Waals surface area (Å²) in [6.07, 6.45) is 1.74. The number of halogens is 1. The Kier molecular flexibility index (Phi) is 6.38. The van der Waals surface area contributed by atoms with E-state index in [0.29, 0.717) is 13.1 Å². The molecule has 0 bridgehead atoms. The third kappa shape index (κ3) is 4.30. The summed E-state index contributed by atoms with van der Waals surface area (Å²) in [6.45, 7) is 10.5. The molecule has 0 spiro atoms. The Morgan fingerprint density at radius 2 is 1.73 bits per heavy atom. The van der Waals surface area contributed by atoms with Crippen molar-refractivity contribution in [2.24, 2.45) is 0 Å². The molecule has 0 aliphatic carbocycles. The Balaban J connectivity index is 1.46. The van der Waals surface area contributed by atoms with Crippen LogP contribution in [0.5, 0.6) is 0 Å². The van der Waals surface area contributed by atoms with Gasteiger partial charge in [0.1, 0.15) is 5.82 Å². The van der Waals surface area contributed by atoms with Gasteiger partial charge in [0.2, 0.25) is 0 Å². The number of nitrogens with zero attached hydrogens (tertiary/aromatic N) is 5. The molecule has 2 aromatic rings. The highest BCUT2D eigenvalue weighted by Gasteiger charge is 2.17. The summed E-state index contributed by atoms with van der Waals surface area (Å²) in [5, 5.41) is 5.25. The second-order valence-corrected chi connectivity index (χ2v) is 7.11.